The molecule has 1 heterocycles. The van der Waals surface area contributed by atoms with E-state index in [1.807, 2.05) is 6.07 Å². The average molecular weight is 476 g/mol. The number of carbonyl (C=O) groups excluding carboxylic acids is 2. The van der Waals surface area contributed by atoms with Crippen LogP contribution in [0.25, 0.3) is 0 Å². The lowest BCUT2D eigenvalue weighted by atomic mass is 9.92. The molecule has 1 fully saturated rings. The molecule has 8 nitrogen and oxygen atoms in total. The van der Waals surface area contributed by atoms with Crippen LogP contribution in [-0.2, 0) is 16.8 Å². The van der Waals surface area contributed by atoms with Crippen molar-refractivity contribution in [3.8, 4) is 17.2 Å². The number of rotatable bonds is 11. The minimum absolute atomic E-state index is 0.0727. The predicted molar refractivity (Wildman–Crippen MR) is 119 cm³/mol. The summed E-state index contributed by atoms with van der Waals surface area (Å²) in [5, 5.41) is 13.0. The fourth-order valence-electron chi connectivity index (χ4n) is 3.60. The zero-order chi connectivity index (χ0) is 24.9. The van der Waals surface area contributed by atoms with Crippen LogP contribution < -0.4 is 19.5 Å². The van der Waals surface area contributed by atoms with Gasteiger partial charge in [0.25, 0.3) is 5.91 Å². The number of aliphatic hydroxyl groups excluding tert-OH is 1. The highest BCUT2D eigenvalue weighted by molar-refractivity contribution is 6.07. The quantitative estimate of drug-likeness (QED) is 0.382. The van der Waals surface area contributed by atoms with Crippen molar-refractivity contribution in [3.05, 3.63) is 66.2 Å². The molecule has 182 valence electrons. The Kier molecular flexibility index (Phi) is 7.72. The van der Waals surface area contributed by atoms with Gasteiger partial charge in [0.05, 0.1) is 13.7 Å². The largest absolute Gasteiger partial charge is 0.493 e. The van der Waals surface area contributed by atoms with Crippen molar-refractivity contribution in [2.45, 2.75) is 31.6 Å². The summed E-state index contributed by atoms with van der Waals surface area (Å²) in [6.45, 7) is 1.72. The molecule has 0 radical (unpaired) electrons. The summed E-state index contributed by atoms with van der Waals surface area (Å²) in [4.78, 5) is 26.4. The minimum Gasteiger partial charge on any atom is -0.493 e. The highest BCUT2D eigenvalue weighted by Gasteiger charge is 2.49. The Morgan fingerprint density at radius 1 is 1.18 bits per heavy atom. The standard InChI is InChI=1S/C24H26F2N2O6/c1-4-5-15-6-11-19(20(12-15)32-3)33-14-17(29)13-28-21(30)24(2,27-23(28)31)16-7-9-18(10-8-16)34-22(25)26/h4,6-12,17,22,29H,1,5,13-14H2,2-3H3,(H,27,31). The van der Waals surface area contributed by atoms with E-state index in [0.717, 1.165) is 10.5 Å². The molecular weight excluding hydrogens is 450 g/mol. The maximum Gasteiger partial charge on any atom is 0.387 e. The van der Waals surface area contributed by atoms with E-state index < -0.39 is 30.2 Å². The lowest BCUT2D eigenvalue weighted by Gasteiger charge is -2.23. The van der Waals surface area contributed by atoms with Gasteiger partial charge >= 0.3 is 12.6 Å². The lowest BCUT2D eigenvalue weighted by molar-refractivity contribution is -0.132. The van der Waals surface area contributed by atoms with E-state index in [4.69, 9.17) is 9.47 Å². The number of aliphatic hydroxyl groups is 1. The molecule has 3 amide bonds. The Hall–Kier alpha value is -3.66. The molecule has 34 heavy (non-hydrogen) atoms. The van der Waals surface area contributed by atoms with E-state index in [1.165, 1.54) is 38.3 Å². The molecular formula is C24H26F2N2O6. The molecule has 3 rings (SSSR count). The Morgan fingerprint density at radius 2 is 1.88 bits per heavy atom. The number of β-amino-alcohol motifs (C(OH)–C–C–N with tert-alkyl or cyclic N) is 1. The summed E-state index contributed by atoms with van der Waals surface area (Å²) in [6, 6.07) is 10.1. The summed E-state index contributed by atoms with van der Waals surface area (Å²) >= 11 is 0. The highest BCUT2D eigenvalue weighted by atomic mass is 19.3. The van der Waals surface area contributed by atoms with Gasteiger partial charge in [-0.3, -0.25) is 9.69 Å². The molecule has 0 aliphatic carbocycles. The number of methoxy groups -OCH3 is 1. The van der Waals surface area contributed by atoms with E-state index in [9.17, 15) is 23.5 Å². The number of halogens is 2. The molecule has 10 heteroatoms. The normalized spacial score (nSPS) is 18.6. The summed E-state index contributed by atoms with van der Waals surface area (Å²) in [6.07, 6.45) is 1.25. The van der Waals surface area contributed by atoms with Gasteiger partial charge in [0.1, 0.15) is 24.0 Å². The first-order valence-electron chi connectivity index (χ1n) is 10.5. The number of nitrogens with zero attached hydrogens (tertiary/aromatic N) is 1. The van der Waals surface area contributed by atoms with Crippen LogP contribution in [0.4, 0.5) is 13.6 Å². The predicted octanol–water partition coefficient (Wildman–Crippen LogP) is 3.23. The molecule has 1 aliphatic rings. The van der Waals surface area contributed by atoms with Crippen LogP contribution in [0.1, 0.15) is 18.1 Å². The van der Waals surface area contributed by atoms with E-state index in [1.54, 1.807) is 18.2 Å². The molecule has 0 bridgehead atoms. The van der Waals surface area contributed by atoms with Gasteiger partial charge in [-0.1, -0.05) is 24.3 Å². The van der Waals surface area contributed by atoms with Gasteiger partial charge in [0, 0.05) is 0 Å². The molecule has 2 aromatic carbocycles. The first kappa shape index (κ1) is 25.0. The monoisotopic (exact) mass is 476 g/mol. The van der Waals surface area contributed by atoms with E-state index in [2.05, 4.69) is 16.6 Å². The van der Waals surface area contributed by atoms with Crippen molar-refractivity contribution < 1.29 is 37.7 Å². The summed E-state index contributed by atoms with van der Waals surface area (Å²) < 4.78 is 40.0. The zero-order valence-electron chi connectivity index (χ0n) is 18.8. The third-order valence-electron chi connectivity index (χ3n) is 5.36. The number of benzene rings is 2. The van der Waals surface area contributed by atoms with Crippen LogP contribution in [0.3, 0.4) is 0 Å². The minimum atomic E-state index is -2.97. The number of urea groups is 1. The number of imide groups is 1. The second-order valence-corrected chi connectivity index (χ2v) is 7.82. The van der Waals surface area contributed by atoms with Gasteiger partial charge in [0.15, 0.2) is 11.5 Å². The number of ether oxygens (including phenoxy) is 3. The highest BCUT2D eigenvalue weighted by Crippen LogP contribution is 2.31. The SMILES string of the molecule is C=CCc1ccc(OCC(O)CN2C(=O)NC(C)(c3ccc(OC(F)F)cc3)C2=O)c(OC)c1. The van der Waals surface area contributed by atoms with Crippen LogP contribution >= 0.6 is 0 Å². The Balaban J connectivity index is 1.64. The van der Waals surface area contributed by atoms with Crippen LogP contribution in [0.15, 0.2) is 55.1 Å². The zero-order valence-corrected chi connectivity index (χ0v) is 18.8. The molecule has 0 saturated carbocycles. The van der Waals surface area contributed by atoms with Crippen molar-refractivity contribution in [3.63, 3.8) is 0 Å². The van der Waals surface area contributed by atoms with Gasteiger partial charge in [-0.05, 0) is 48.7 Å². The Morgan fingerprint density at radius 3 is 2.50 bits per heavy atom. The maximum atomic E-state index is 13.0. The summed E-state index contributed by atoms with van der Waals surface area (Å²) in [5.74, 6) is 0.220. The third-order valence-corrected chi connectivity index (χ3v) is 5.36. The van der Waals surface area contributed by atoms with Crippen molar-refractivity contribution in [2.24, 2.45) is 0 Å². The average Bonchev–Trinajstić information content (AvgIpc) is 3.02. The maximum absolute atomic E-state index is 13.0. The first-order valence-corrected chi connectivity index (χ1v) is 10.5. The molecule has 0 spiro atoms. The second kappa shape index (κ2) is 10.5. The number of allylic oxidation sites excluding steroid dienone is 1. The molecule has 1 saturated heterocycles. The van der Waals surface area contributed by atoms with Crippen LogP contribution in [0, 0.1) is 0 Å². The number of hydrogen-bond acceptors (Lipinski definition) is 6. The number of carbonyl (C=O) groups is 2. The summed E-state index contributed by atoms with van der Waals surface area (Å²) in [5.41, 5.74) is -0.0668. The van der Waals surface area contributed by atoms with Crippen LogP contribution in [0.5, 0.6) is 17.2 Å². The fourth-order valence-corrected chi connectivity index (χ4v) is 3.60. The van der Waals surface area contributed by atoms with Crippen LogP contribution in [-0.4, -0.2) is 54.9 Å². The number of amides is 3. The van der Waals surface area contributed by atoms with Crippen LogP contribution in [0.2, 0.25) is 0 Å². The van der Waals surface area contributed by atoms with Crippen molar-refractivity contribution >= 4 is 11.9 Å². The smallest absolute Gasteiger partial charge is 0.387 e. The molecule has 2 atom stereocenters. The van der Waals surface area contributed by atoms with E-state index in [0.29, 0.717) is 23.5 Å². The van der Waals surface area contributed by atoms with Crippen molar-refractivity contribution in [2.75, 3.05) is 20.3 Å². The van der Waals surface area contributed by atoms with E-state index in [-0.39, 0.29) is 18.9 Å². The first-order chi connectivity index (χ1) is 16.2. The Bertz CT molecular complexity index is 1050. The second-order valence-electron chi connectivity index (χ2n) is 7.82. The molecule has 1 aliphatic heterocycles. The van der Waals surface area contributed by atoms with Gasteiger partial charge < -0.3 is 24.6 Å². The van der Waals surface area contributed by atoms with Gasteiger partial charge in [0.2, 0.25) is 0 Å². The molecule has 0 aromatic heterocycles. The van der Waals surface area contributed by atoms with Crippen molar-refractivity contribution in [1.29, 1.82) is 0 Å². The number of alkyl halides is 2. The Labute approximate surface area is 195 Å². The molecule has 2 aromatic rings. The number of nitrogens with one attached hydrogen (secondary N) is 1. The van der Waals surface area contributed by atoms with Crippen molar-refractivity contribution in [1.82, 2.24) is 10.2 Å². The van der Waals surface area contributed by atoms with Gasteiger partial charge in [-0.25, -0.2) is 4.79 Å². The van der Waals surface area contributed by atoms with E-state index >= 15 is 0 Å². The fraction of sp³-hybridized carbons (Fsp3) is 0.333. The third kappa shape index (κ3) is 5.45. The molecule has 2 unspecified atom stereocenters. The lowest BCUT2D eigenvalue weighted by Crippen LogP contribution is -2.42. The summed E-state index contributed by atoms with van der Waals surface area (Å²) in [7, 11) is 1.50. The van der Waals surface area contributed by atoms with Gasteiger partial charge in [-0.2, -0.15) is 8.78 Å². The molecule has 2 N–H and O–H groups in total. The van der Waals surface area contributed by atoms with Gasteiger partial charge in [-0.15, -0.1) is 6.58 Å². The number of hydrogen-bond donors (Lipinski definition) is 2. The topological polar surface area (TPSA) is 97.3 Å².